The first-order valence-electron chi connectivity index (χ1n) is 8.21. The second-order valence-electron chi connectivity index (χ2n) is 6.32. The van der Waals surface area contributed by atoms with Crippen LogP contribution in [0.5, 0.6) is 0 Å². The molecule has 3 N–H and O–H groups in total. The molecule has 2 aromatic carbocycles. The number of H-pyrrole nitrogens is 1. The van der Waals surface area contributed by atoms with E-state index in [0.29, 0.717) is 11.6 Å². The molecule has 0 bridgehead atoms. The van der Waals surface area contributed by atoms with Crippen LogP contribution in [0, 0.1) is 0 Å². The highest BCUT2D eigenvalue weighted by Crippen LogP contribution is 2.38. The predicted octanol–water partition coefficient (Wildman–Crippen LogP) is 2.90. The van der Waals surface area contributed by atoms with E-state index in [1.165, 1.54) is 0 Å². The first kappa shape index (κ1) is 14.9. The van der Waals surface area contributed by atoms with Crippen LogP contribution >= 0.6 is 0 Å². The number of hydrogen-bond donors (Lipinski definition) is 3. The number of fused-ring (bicyclic) bond motifs is 1. The van der Waals surface area contributed by atoms with E-state index in [1.54, 1.807) is 6.07 Å². The number of nitrogens with zero attached hydrogens (tertiary/aromatic N) is 1. The highest BCUT2D eigenvalue weighted by molar-refractivity contribution is 5.92. The minimum absolute atomic E-state index is 0.156. The summed E-state index contributed by atoms with van der Waals surface area (Å²) in [5.74, 6) is 0.264. The second kappa shape index (κ2) is 6.09. The summed E-state index contributed by atoms with van der Waals surface area (Å²) < 4.78 is 0. The molecule has 1 amide bonds. The summed E-state index contributed by atoms with van der Waals surface area (Å²) in [6.07, 6.45) is 1.56. The minimum atomic E-state index is -0.750. The maximum Gasteiger partial charge on any atom is 0.271 e. The van der Waals surface area contributed by atoms with Crippen molar-refractivity contribution in [2.75, 3.05) is 6.54 Å². The van der Waals surface area contributed by atoms with E-state index in [9.17, 15) is 9.90 Å². The summed E-state index contributed by atoms with van der Waals surface area (Å²) in [6.45, 7) is 0.156. The van der Waals surface area contributed by atoms with Crippen LogP contribution < -0.4 is 5.32 Å². The Labute approximate surface area is 139 Å². The Bertz CT molecular complexity index is 883. The Balaban J connectivity index is 1.40. The van der Waals surface area contributed by atoms with Gasteiger partial charge in [-0.25, -0.2) is 0 Å². The van der Waals surface area contributed by atoms with Gasteiger partial charge in [-0.3, -0.25) is 9.89 Å². The molecule has 0 aliphatic heterocycles. The van der Waals surface area contributed by atoms with Crippen molar-refractivity contribution in [2.24, 2.45) is 0 Å². The van der Waals surface area contributed by atoms with Crippen LogP contribution in [0.2, 0.25) is 0 Å². The van der Waals surface area contributed by atoms with Crippen LogP contribution in [-0.4, -0.2) is 27.8 Å². The lowest BCUT2D eigenvalue weighted by Crippen LogP contribution is -2.28. The third-order valence-corrected chi connectivity index (χ3v) is 4.46. The van der Waals surface area contributed by atoms with Crippen molar-refractivity contribution >= 4 is 16.7 Å². The summed E-state index contributed by atoms with van der Waals surface area (Å²) in [4.78, 5) is 12.1. The molecule has 1 atom stereocenters. The number of aromatic nitrogens is 2. The Hall–Kier alpha value is -2.66. The Morgan fingerprint density at radius 1 is 1.21 bits per heavy atom. The van der Waals surface area contributed by atoms with E-state index in [4.69, 9.17) is 0 Å². The van der Waals surface area contributed by atoms with E-state index >= 15 is 0 Å². The lowest BCUT2D eigenvalue weighted by molar-refractivity contribution is 0.0911. The molecule has 0 unspecified atom stereocenters. The number of aliphatic hydroxyl groups is 1. The summed E-state index contributed by atoms with van der Waals surface area (Å²) in [7, 11) is 0. The van der Waals surface area contributed by atoms with Crippen molar-refractivity contribution in [1.82, 2.24) is 15.5 Å². The second-order valence-corrected chi connectivity index (χ2v) is 6.32. The Morgan fingerprint density at radius 2 is 2.00 bits per heavy atom. The zero-order valence-corrected chi connectivity index (χ0v) is 13.2. The van der Waals surface area contributed by atoms with Gasteiger partial charge in [0, 0.05) is 18.2 Å². The van der Waals surface area contributed by atoms with Gasteiger partial charge in [0.25, 0.3) is 5.91 Å². The molecule has 4 rings (SSSR count). The fraction of sp³-hybridized carbons (Fsp3) is 0.263. The minimum Gasteiger partial charge on any atom is -0.387 e. The van der Waals surface area contributed by atoms with E-state index in [-0.39, 0.29) is 12.5 Å². The van der Waals surface area contributed by atoms with Crippen molar-refractivity contribution in [3.8, 4) is 0 Å². The molecular formula is C19H19N3O2. The van der Waals surface area contributed by atoms with Crippen LogP contribution in [0.25, 0.3) is 10.8 Å². The molecular weight excluding hydrogens is 302 g/mol. The number of carbonyl (C=O) groups is 1. The molecule has 3 aromatic rings. The van der Waals surface area contributed by atoms with Crippen molar-refractivity contribution in [1.29, 1.82) is 0 Å². The smallest absolute Gasteiger partial charge is 0.271 e. The van der Waals surface area contributed by atoms with Crippen molar-refractivity contribution in [3.05, 3.63) is 65.5 Å². The molecule has 24 heavy (non-hydrogen) atoms. The molecule has 1 aliphatic carbocycles. The molecule has 0 spiro atoms. The molecule has 1 saturated carbocycles. The lowest BCUT2D eigenvalue weighted by atomic mass is 10.0. The van der Waals surface area contributed by atoms with Crippen LogP contribution in [0.3, 0.4) is 0 Å². The quantitative estimate of drug-likeness (QED) is 0.676. The summed E-state index contributed by atoms with van der Waals surface area (Å²) in [6, 6.07) is 15.6. The average Bonchev–Trinajstić information content (AvgIpc) is 3.35. The number of aromatic amines is 1. The maximum absolute atomic E-state index is 12.1. The van der Waals surface area contributed by atoms with E-state index < -0.39 is 6.10 Å². The monoisotopic (exact) mass is 321 g/mol. The molecule has 1 aliphatic rings. The van der Waals surface area contributed by atoms with Gasteiger partial charge in [0.05, 0.1) is 6.10 Å². The van der Waals surface area contributed by atoms with E-state index in [0.717, 1.165) is 34.9 Å². The van der Waals surface area contributed by atoms with Gasteiger partial charge < -0.3 is 10.4 Å². The van der Waals surface area contributed by atoms with Crippen LogP contribution in [-0.2, 0) is 0 Å². The van der Waals surface area contributed by atoms with Crippen molar-refractivity contribution in [2.45, 2.75) is 24.9 Å². The van der Waals surface area contributed by atoms with Crippen molar-refractivity contribution < 1.29 is 9.90 Å². The van der Waals surface area contributed by atoms with E-state index in [1.807, 2.05) is 42.5 Å². The topological polar surface area (TPSA) is 78.0 Å². The average molecular weight is 321 g/mol. The number of aliphatic hydroxyl groups excluding tert-OH is 1. The molecule has 0 saturated heterocycles. The standard InChI is InChI=1S/C19H19N3O2/c23-18(15-8-5-12-3-1-2-4-14(12)9-15)11-20-19(24)17-10-16(21-22-17)13-6-7-13/h1-5,8-10,13,18,23H,6-7,11H2,(H,20,24)(H,21,22)/t18-/m1/s1. The largest absolute Gasteiger partial charge is 0.387 e. The molecule has 122 valence electrons. The first-order valence-corrected chi connectivity index (χ1v) is 8.21. The molecule has 0 radical (unpaired) electrons. The zero-order chi connectivity index (χ0) is 16.5. The normalized spacial score (nSPS) is 15.4. The van der Waals surface area contributed by atoms with Crippen LogP contribution in [0.1, 0.15) is 46.6 Å². The lowest BCUT2D eigenvalue weighted by Gasteiger charge is -2.12. The predicted molar refractivity (Wildman–Crippen MR) is 91.8 cm³/mol. The number of amides is 1. The summed E-state index contributed by atoms with van der Waals surface area (Å²) in [5.41, 5.74) is 2.19. The molecule has 5 nitrogen and oxygen atoms in total. The molecule has 1 heterocycles. The Kier molecular flexibility index (Phi) is 3.78. The first-order chi connectivity index (χ1) is 11.7. The number of benzene rings is 2. The molecule has 1 fully saturated rings. The van der Waals surface area contributed by atoms with Crippen molar-refractivity contribution in [3.63, 3.8) is 0 Å². The van der Waals surface area contributed by atoms with Gasteiger partial charge in [0.15, 0.2) is 0 Å². The third-order valence-electron chi connectivity index (χ3n) is 4.46. The number of carbonyl (C=O) groups excluding carboxylic acids is 1. The van der Waals surface area contributed by atoms with Gasteiger partial charge in [-0.15, -0.1) is 0 Å². The fourth-order valence-corrected chi connectivity index (χ4v) is 2.87. The van der Waals surface area contributed by atoms with Gasteiger partial charge >= 0.3 is 0 Å². The zero-order valence-electron chi connectivity index (χ0n) is 13.2. The van der Waals surface area contributed by atoms with Gasteiger partial charge in [-0.05, 0) is 41.3 Å². The SMILES string of the molecule is O=C(NC[C@@H](O)c1ccc2ccccc2c1)c1cc(C2CC2)[nH]n1. The van der Waals surface area contributed by atoms with Gasteiger partial charge in [-0.2, -0.15) is 5.10 Å². The van der Waals surface area contributed by atoms with E-state index in [2.05, 4.69) is 15.5 Å². The van der Waals surface area contributed by atoms with Gasteiger partial charge in [0.1, 0.15) is 5.69 Å². The number of rotatable bonds is 5. The fourth-order valence-electron chi connectivity index (χ4n) is 2.87. The molecule has 1 aromatic heterocycles. The molecule has 5 heteroatoms. The van der Waals surface area contributed by atoms with Crippen LogP contribution in [0.4, 0.5) is 0 Å². The summed E-state index contributed by atoms with van der Waals surface area (Å²) in [5, 5.41) is 22.2. The Morgan fingerprint density at radius 3 is 2.79 bits per heavy atom. The maximum atomic E-state index is 12.1. The van der Waals surface area contributed by atoms with Gasteiger partial charge in [-0.1, -0.05) is 36.4 Å². The highest BCUT2D eigenvalue weighted by atomic mass is 16.3. The highest BCUT2D eigenvalue weighted by Gasteiger charge is 2.26. The van der Waals surface area contributed by atoms with Gasteiger partial charge in [0.2, 0.25) is 0 Å². The van der Waals surface area contributed by atoms with Crippen LogP contribution in [0.15, 0.2) is 48.5 Å². The third kappa shape index (κ3) is 3.03. The number of nitrogens with one attached hydrogen (secondary N) is 2. The summed E-state index contributed by atoms with van der Waals surface area (Å²) >= 11 is 0. The number of hydrogen-bond acceptors (Lipinski definition) is 3.